The number of aromatic nitrogens is 1. The molecule has 2 aromatic heterocycles. The zero-order valence-corrected chi connectivity index (χ0v) is 24.6. The Balaban J connectivity index is 1.44. The van der Waals surface area contributed by atoms with E-state index < -0.39 is 12.0 Å². The molecule has 10 heteroatoms. The molecule has 8 nitrogen and oxygen atoms in total. The number of hydrogen-bond acceptors (Lipinski definition) is 7. The highest BCUT2D eigenvalue weighted by Gasteiger charge is 2.32. The Morgan fingerprint density at radius 3 is 2.47 bits per heavy atom. The van der Waals surface area contributed by atoms with Gasteiger partial charge in [-0.2, -0.15) is 0 Å². The number of hydrogen-bond donors (Lipinski definition) is 1. The summed E-state index contributed by atoms with van der Waals surface area (Å²) >= 11 is 7.40. The molecule has 1 atom stereocenters. The number of halogens is 1. The number of carbonyl (C=O) groups excluding carboxylic acids is 2. The standard InChI is InChI=1S/C33H24ClN3O5S/c1-19-28(30(38)36-22-11-7-4-8-12-22)29(20-9-5-3-6-10-20)37-31(39)27(43-33(37)35-19)18-23-14-16-26(42-23)25-17-21(34)13-15-24(25)32(40)41-2/h3-18,29H,1-2H3,(H,36,38)/b27-18+/t29-/m0/s1. The van der Waals surface area contributed by atoms with Crippen molar-refractivity contribution in [3.63, 3.8) is 0 Å². The Labute approximate surface area is 254 Å². The summed E-state index contributed by atoms with van der Waals surface area (Å²) in [6, 6.07) is 26.0. The molecule has 0 bridgehead atoms. The number of benzene rings is 3. The first-order valence-corrected chi connectivity index (χ1v) is 14.5. The Morgan fingerprint density at radius 2 is 1.74 bits per heavy atom. The second-order valence-corrected chi connectivity index (χ2v) is 11.1. The van der Waals surface area contributed by atoms with Crippen LogP contribution in [0.2, 0.25) is 5.02 Å². The van der Waals surface area contributed by atoms with Crippen LogP contribution in [-0.2, 0) is 9.53 Å². The van der Waals surface area contributed by atoms with Gasteiger partial charge in [-0.05, 0) is 55.0 Å². The van der Waals surface area contributed by atoms with Crippen LogP contribution in [-0.4, -0.2) is 23.6 Å². The van der Waals surface area contributed by atoms with Crippen LogP contribution in [0.25, 0.3) is 17.4 Å². The van der Waals surface area contributed by atoms with E-state index in [2.05, 4.69) is 10.3 Å². The van der Waals surface area contributed by atoms with Crippen LogP contribution in [0.4, 0.5) is 5.69 Å². The number of esters is 1. The van der Waals surface area contributed by atoms with Gasteiger partial charge in [0.05, 0.1) is 34.5 Å². The van der Waals surface area contributed by atoms with Gasteiger partial charge >= 0.3 is 5.97 Å². The van der Waals surface area contributed by atoms with Crippen molar-refractivity contribution in [2.45, 2.75) is 13.0 Å². The average Bonchev–Trinajstić information content (AvgIpc) is 3.60. The number of ether oxygens (including phenoxy) is 1. The molecule has 0 unspecified atom stereocenters. The van der Waals surface area contributed by atoms with Crippen LogP contribution in [0, 0.1) is 0 Å². The van der Waals surface area contributed by atoms with Gasteiger partial charge in [0.1, 0.15) is 11.5 Å². The van der Waals surface area contributed by atoms with Crippen LogP contribution in [0.15, 0.2) is 116 Å². The Hall–Kier alpha value is -4.99. The van der Waals surface area contributed by atoms with Crippen molar-refractivity contribution in [1.29, 1.82) is 0 Å². The molecule has 6 rings (SSSR count). The maximum absolute atomic E-state index is 13.9. The van der Waals surface area contributed by atoms with Crippen LogP contribution in [0.3, 0.4) is 0 Å². The Morgan fingerprint density at radius 1 is 1.02 bits per heavy atom. The summed E-state index contributed by atoms with van der Waals surface area (Å²) in [7, 11) is 1.30. The summed E-state index contributed by atoms with van der Waals surface area (Å²) in [5.74, 6) is -0.0830. The normalized spacial score (nSPS) is 14.7. The minimum atomic E-state index is -0.690. The largest absolute Gasteiger partial charge is 0.465 e. The molecule has 1 aliphatic rings. The van der Waals surface area contributed by atoms with Gasteiger partial charge in [0, 0.05) is 22.3 Å². The second-order valence-electron chi connectivity index (χ2n) is 9.70. The number of allylic oxidation sites excluding steroid dienone is 1. The maximum atomic E-state index is 13.9. The summed E-state index contributed by atoms with van der Waals surface area (Å²) in [5.41, 5.74) is 2.77. The number of para-hydroxylation sites is 1. The number of methoxy groups -OCH3 is 1. The average molecular weight is 610 g/mol. The first-order valence-electron chi connectivity index (χ1n) is 13.3. The number of rotatable bonds is 6. The molecule has 0 saturated carbocycles. The molecule has 0 spiro atoms. The lowest BCUT2D eigenvalue weighted by atomic mass is 9.95. The predicted molar refractivity (Wildman–Crippen MR) is 166 cm³/mol. The first-order chi connectivity index (χ1) is 20.8. The fraction of sp³-hybridized carbons (Fsp3) is 0.0909. The summed E-state index contributed by atoms with van der Waals surface area (Å²) in [6.45, 7) is 1.77. The highest BCUT2D eigenvalue weighted by atomic mass is 35.5. The van der Waals surface area contributed by atoms with E-state index in [1.54, 1.807) is 60.0 Å². The van der Waals surface area contributed by atoms with Crippen molar-refractivity contribution in [2.24, 2.45) is 4.99 Å². The summed E-state index contributed by atoms with van der Waals surface area (Å²) in [5, 5.41) is 3.37. The quantitative estimate of drug-likeness (QED) is 0.253. The summed E-state index contributed by atoms with van der Waals surface area (Å²) in [6.07, 6.45) is 1.63. The first kappa shape index (κ1) is 28.1. The molecule has 1 amide bonds. The molecule has 214 valence electrons. The number of nitrogens with one attached hydrogen (secondary N) is 1. The van der Waals surface area contributed by atoms with Crippen LogP contribution < -0.4 is 20.2 Å². The molecule has 0 saturated heterocycles. The molecule has 1 N–H and O–H groups in total. The Bertz CT molecular complexity index is 2080. The summed E-state index contributed by atoms with van der Waals surface area (Å²) < 4.78 is 12.9. The monoisotopic (exact) mass is 609 g/mol. The van der Waals surface area contributed by atoms with Crippen molar-refractivity contribution in [1.82, 2.24) is 4.57 Å². The minimum Gasteiger partial charge on any atom is -0.465 e. The second kappa shape index (κ2) is 11.7. The van der Waals surface area contributed by atoms with Crippen molar-refractivity contribution in [2.75, 3.05) is 12.4 Å². The lowest BCUT2D eigenvalue weighted by Gasteiger charge is -2.25. The molecular weight excluding hydrogens is 586 g/mol. The van der Waals surface area contributed by atoms with E-state index in [1.807, 2.05) is 48.5 Å². The van der Waals surface area contributed by atoms with Crippen LogP contribution >= 0.6 is 22.9 Å². The number of amides is 1. The number of anilines is 1. The van der Waals surface area contributed by atoms with Crippen molar-refractivity contribution in [3.05, 3.63) is 144 Å². The SMILES string of the molecule is COC(=O)c1ccc(Cl)cc1-c1ccc(/C=c2/sc3n(c2=O)[C@@H](c2ccccc2)C(C(=O)Nc2ccccc2)=C(C)N=3)o1. The molecule has 5 aromatic rings. The van der Waals surface area contributed by atoms with Gasteiger partial charge in [0.25, 0.3) is 11.5 Å². The fourth-order valence-corrected chi connectivity index (χ4v) is 6.19. The molecule has 0 radical (unpaired) electrons. The molecule has 0 fully saturated rings. The van der Waals surface area contributed by atoms with Gasteiger partial charge in [-0.15, -0.1) is 0 Å². The number of fused-ring (bicyclic) bond motifs is 1. The predicted octanol–water partition coefficient (Wildman–Crippen LogP) is 5.57. The third-order valence-corrected chi connectivity index (χ3v) is 8.18. The highest BCUT2D eigenvalue weighted by molar-refractivity contribution is 7.07. The molecule has 3 heterocycles. The number of carbonyl (C=O) groups is 2. The van der Waals surface area contributed by atoms with Gasteiger partial charge in [0.2, 0.25) is 0 Å². The zero-order valence-electron chi connectivity index (χ0n) is 23.0. The fourth-order valence-electron chi connectivity index (χ4n) is 5.00. The van der Waals surface area contributed by atoms with E-state index in [0.29, 0.717) is 54.0 Å². The van der Waals surface area contributed by atoms with E-state index >= 15 is 0 Å². The minimum absolute atomic E-state index is 0.298. The van der Waals surface area contributed by atoms with Gasteiger partial charge in [-0.3, -0.25) is 14.2 Å². The number of thiazole rings is 1. The number of nitrogens with zero attached hydrogens (tertiary/aromatic N) is 2. The molecule has 0 aliphatic carbocycles. The topological polar surface area (TPSA) is 103 Å². The lowest BCUT2D eigenvalue weighted by Crippen LogP contribution is -2.40. The van der Waals surface area contributed by atoms with E-state index in [1.165, 1.54) is 18.4 Å². The third kappa shape index (κ3) is 5.48. The van der Waals surface area contributed by atoms with Gasteiger partial charge < -0.3 is 14.5 Å². The molecule has 1 aliphatic heterocycles. The van der Waals surface area contributed by atoms with Crippen molar-refractivity contribution in [3.8, 4) is 11.3 Å². The van der Waals surface area contributed by atoms with Crippen molar-refractivity contribution >= 4 is 46.6 Å². The zero-order chi connectivity index (χ0) is 30.1. The smallest absolute Gasteiger partial charge is 0.338 e. The van der Waals surface area contributed by atoms with E-state index in [9.17, 15) is 14.4 Å². The van der Waals surface area contributed by atoms with Crippen LogP contribution in [0.5, 0.6) is 0 Å². The molecular formula is C33H24ClN3O5S. The van der Waals surface area contributed by atoms with Gasteiger partial charge in [-0.1, -0.05) is 71.5 Å². The summed E-state index contributed by atoms with van der Waals surface area (Å²) in [4.78, 5) is 45.0. The van der Waals surface area contributed by atoms with E-state index in [-0.39, 0.29) is 11.5 Å². The van der Waals surface area contributed by atoms with Crippen molar-refractivity contribution < 1.29 is 18.7 Å². The highest BCUT2D eigenvalue weighted by Crippen LogP contribution is 2.31. The number of furan rings is 1. The molecule has 3 aromatic carbocycles. The van der Waals surface area contributed by atoms with Gasteiger partial charge in [0.15, 0.2) is 4.80 Å². The lowest BCUT2D eigenvalue weighted by molar-refractivity contribution is -0.113. The van der Waals surface area contributed by atoms with E-state index in [4.69, 9.17) is 20.8 Å². The third-order valence-electron chi connectivity index (χ3n) is 6.97. The van der Waals surface area contributed by atoms with Gasteiger partial charge in [-0.25, -0.2) is 9.79 Å². The van der Waals surface area contributed by atoms with E-state index in [0.717, 1.165) is 5.56 Å². The maximum Gasteiger partial charge on any atom is 0.338 e. The molecule has 43 heavy (non-hydrogen) atoms. The Kier molecular flexibility index (Phi) is 7.67. The van der Waals surface area contributed by atoms with Crippen LogP contribution in [0.1, 0.15) is 34.6 Å².